The minimum absolute atomic E-state index is 0.265. The summed E-state index contributed by atoms with van der Waals surface area (Å²) in [6.45, 7) is 43.9. The van der Waals surface area contributed by atoms with Gasteiger partial charge in [-0.05, 0) is 208 Å². The van der Waals surface area contributed by atoms with Crippen LogP contribution in [0, 0.1) is 105 Å². The first-order chi connectivity index (χ1) is 62.3. The molecule has 14 aromatic rings. The number of anilines is 3. The summed E-state index contributed by atoms with van der Waals surface area (Å²) in [5, 5.41) is 45.9. The average Bonchev–Trinajstić information content (AvgIpc) is 1.61. The van der Waals surface area contributed by atoms with Gasteiger partial charge in [0.1, 0.15) is 23.6 Å². The fourth-order valence-electron chi connectivity index (χ4n) is 16.0. The van der Waals surface area contributed by atoms with Gasteiger partial charge in [-0.1, -0.05) is 51.4 Å². The smallest absolute Gasteiger partial charge is 0.256 e. The molecule has 660 valence electrons. The molecule has 5 aliphatic heterocycles. The Morgan fingerprint density at radius 2 is 0.746 bits per heavy atom. The van der Waals surface area contributed by atoms with Crippen LogP contribution in [0.5, 0.6) is 0 Å². The van der Waals surface area contributed by atoms with Crippen molar-refractivity contribution >= 4 is 58.6 Å². The summed E-state index contributed by atoms with van der Waals surface area (Å²) in [5.41, 5.74) is 19.0. The quantitative estimate of drug-likeness (QED) is 0.0817. The van der Waals surface area contributed by atoms with Crippen molar-refractivity contribution < 1.29 is 0 Å². The van der Waals surface area contributed by atoms with Crippen LogP contribution in [0.4, 0.5) is 17.1 Å². The molecule has 0 unspecified atom stereocenters. The molecule has 17 heterocycles. The molecule has 36 nitrogen and oxygen atoms in total. The van der Waals surface area contributed by atoms with E-state index in [0.29, 0.717) is 94.6 Å². The minimum Gasteiger partial charge on any atom is -0.372 e. The molecule has 0 radical (unpaired) electrons. The molecule has 130 heavy (non-hydrogen) atoms. The maximum absolute atomic E-state index is 9.53. The van der Waals surface area contributed by atoms with E-state index < -0.39 is 0 Å². The summed E-state index contributed by atoms with van der Waals surface area (Å²) in [6, 6.07) is 29.8. The van der Waals surface area contributed by atoms with E-state index in [9.17, 15) is 5.26 Å². The average molecular weight is 1760 g/mol. The zero-order chi connectivity index (χ0) is 92.1. The van der Waals surface area contributed by atoms with Gasteiger partial charge in [-0.3, -0.25) is 0 Å². The number of allylic oxidation sites excluding steroid dienone is 6. The molecule has 2 aromatic carbocycles. The molecular formula is C93H101ClN36. The first kappa shape index (κ1) is 87.9. The minimum atomic E-state index is -0.280. The van der Waals surface area contributed by atoms with Crippen LogP contribution >= 0.6 is 11.6 Å². The molecule has 0 aliphatic carbocycles. The molecule has 0 atom stereocenters. The summed E-state index contributed by atoms with van der Waals surface area (Å²) in [6.07, 6.45) is 25.0. The molecule has 5 aliphatic rings. The van der Waals surface area contributed by atoms with Crippen LogP contribution in [0.3, 0.4) is 0 Å². The molecule has 0 bridgehead atoms. The van der Waals surface area contributed by atoms with Crippen molar-refractivity contribution in [3.05, 3.63) is 271 Å². The molecule has 19 rings (SSSR count). The van der Waals surface area contributed by atoms with Crippen molar-refractivity contribution in [3.8, 4) is 65.0 Å². The largest absolute Gasteiger partial charge is 0.372 e. The molecule has 0 saturated heterocycles. The van der Waals surface area contributed by atoms with Gasteiger partial charge in [-0.15, -0.1) is 0 Å². The lowest BCUT2D eigenvalue weighted by Crippen LogP contribution is -2.28. The molecule has 0 N–H and O–H groups in total. The third-order valence-electron chi connectivity index (χ3n) is 22.5. The topological polar surface area (TPSA) is 362 Å². The number of nitrogens with zero attached hydrogens (tertiary/aromatic N) is 36. The van der Waals surface area contributed by atoms with E-state index in [1.165, 1.54) is 16.8 Å². The van der Waals surface area contributed by atoms with Crippen molar-refractivity contribution in [2.24, 2.45) is 20.8 Å². The van der Waals surface area contributed by atoms with Crippen LogP contribution in [-0.4, -0.2) is 200 Å². The molecule has 0 amide bonds. The number of aryl methyl sites for hydroxylation is 12. The van der Waals surface area contributed by atoms with Gasteiger partial charge in [0.25, 0.3) is 47.6 Å². The Balaban J connectivity index is 0.000000127. The Labute approximate surface area is 758 Å². The highest BCUT2D eigenvalue weighted by atomic mass is 35.5. The van der Waals surface area contributed by atoms with Crippen molar-refractivity contribution in [1.82, 2.24) is 148 Å². The maximum atomic E-state index is 9.53. The number of benzene rings is 2. The van der Waals surface area contributed by atoms with E-state index >= 15 is 0 Å². The summed E-state index contributed by atoms with van der Waals surface area (Å²) < 4.78 is 13.6. The molecular weight excluding hydrogens is 1660 g/mol. The second-order valence-corrected chi connectivity index (χ2v) is 33.4. The van der Waals surface area contributed by atoms with Crippen LogP contribution in [0.1, 0.15) is 147 Å². The Kier molecular flexibility index (Phi) is 24.1. The van der Waals surface area contributed by atoms with E-state index in [2.05, 4.69) is 168 Å². The number of likely N-dealkylation sites (N-methyl/N-ethyl adjacent to an activating group) is 2. The van der Waals surface area contributed by atoms with Gasteiger partial charge in [0, 0.05) is 163 Å². The van der Waals surface area contributed by atoms with Crippen LogP contribution in [-0.2, 0) is 0 Å². The number of fused-ring (bicyclic) bond motifs is 3. The van der Waals surface area contributed by atoms with Gasteiger partial charge in [-0.2, -0.15) is 106 Å². The third-order valence-corrected chi connectivity index (χ3v) is 22.8. The first-order valence-corrected chi connectivity index (χ1v) is 43.1. The number of amidine groups is 2. The lowest BCUT2D eigenvalue weighted by atomic mass is 9.81. The van der Waals surface area contributed by atoms with Gasteiger partial charge in [0.15, 0.2) is 23.3 Å². The zero-order valence-corrected chi connectivity index (χ0v) is 77.7. The first-order valence-electron chi connectivity index (χ1n) is 42.8. The Bertz CT molecular complexity index is 6780. The summed E-state index contributed by atoms with van der Waals surface area (Å²) in [7, 11) is 4.00. The van der Waals surface area contributed by atoms with Crippen LogP contribution in [0.25, 0.3) is 77.2 Å². The summed E-state index contributed by atoms with van der Waals surface area (Å²) in [5.74, 6) is 8.34. The van der Waals surface area contributed by atoms with Gasteiger partial charge in [0.2, 0.25) is 0 Å². The maximum Gasteiger partial charge on any atom is 0.256 e. The van der Waals surface area contributed by atoms with Crippen LogP contribution < -0.4 is 14.7 Å². The number of nitriles is 1. The Morgan fingerprint density at radius 1 is 0.415 bits per heavy atom. The SMILES string of the molecule is CCN(CC)c1ccc(-c2nc(-n3nc(C)cc3C)nc(-n3nc(C)cc3C)n2)cc1.CCN1/C(=C\c2nc(-n3nc(C)cc3C)nc(-n3nc(C)cc3C)n2)N(CC)c2cc(C#N)c(Cl)cc21.CN1C=CC=C2C1=N/C(=C\c1nc(-n3cccn3)nc(-n3cccn3)n1)C2(C)C.Cc1cc(C)n(-c2nc(/C=C3\N=C4C(=CC=CN4C)C3(C)C)nc(-n3nc(C)cc3C)n2)n1. The Morgan fingerprint density at radius 3 is 1.05 bits per heavy atom. The monoisotopic (exact) mass is 1760 g/mol. The zero-order valence-electron chi connectivity index (χ0n) is 76.9. The van der Waals surface area contributed by atoms with Gasteiger partial charge < -0.3 is 24.5 Å². The highest BCUT2D eigenvalue weighted by Crippen LogP contribution is 2.48. The van der Waals surface area contributed by atoms with Crippen LogP contribution in [0.15, 0.2) is 185 Å². The van der Waals surface area contributed by atoms with E-state index in [1.54, 1.807) is 62.2 Å². The van der Waals surface area contributed by atoms with Gasteiger partial charge in [0.05, 0.1) is 67.5 Å². The fraction of sp³-hybridized carbons (Fsp3) is 0.301. The number of rotatable bonds is 17. The number of halogens is 1. The van der Waals surface area contributed by atoms with Crippen molar-refractivity contribution in [1.29, 1.82) is 5.26 Å². The number of hydrogen-bond acceptors (Lipinski definition) is 28. The van der Waals surface area contributed by atoms with E-state index in [0.717, 1.165) is 127 Å². The van der Waals surface area contributed by atoms with Gasteiger partial charge in [-0.25, -0.2) is 47.4 Å². The predicted octanol–water partition coefficient (Wildman–Crippen LogP) is 14.7. The molecule has 0 saturated carbocycles. The fourth-order valence-corrected chi connectivity index (χ4v) is 16.2. The normalized spacial score (nSPS) is 15.4. The van der Waals surface area contributed by atoms with Gasteiger partial charge >= 0.3 is 0 Å². The summed E-state index contributed by atoms with van der Waals surface area (Å²) >= 11 is 6.40. The van der Waals surface area contributed by atoms with E-state index in [-0.39, 0.29) is 10.8 Å². The molecule has 0 fully saturated rings. The highest BCUT2D eigenvalue weighted by Gasteiger charge is 2.41. The number of aliphatic imine (C=N–C) groups is 2. The lowest BCUT2D eigenvalue weighted by Gasteiger charge is -2.25. The van der Waals surface area contributed by atoms with E-state index in [1.807, 2.05) is 210 Å². The van der Waals surface area contributed by atoms with Crippen LogP contribution in [0.2, 0.25) is 5.02 Å². The summed E-state index contributed by atoms with van der Waals surface area (Å²) in [4.78, 5) is 76.8. The Hall–Kier alpha value is -15.5. The van der Waals surface area contributed by atoms with Crippen molar-refractivity contribution in [2.45, 2.75) is 138 Å². The van der Waals surface area contributed by atoms with Crippen molar-refractivity contribution in [3.63, 3.8) is 0 Å². The number of hydrogen-bond donors (Lipinski definition) is 0. The lowest BCUT2D eigenvalue weighted by molar-refractivity contribution is 0.566. The molecule has 37 heteroatoms. The second kappa shape index (κ2) is 35.7. The standard InChI is InChI=1S/C26H27ClN10.C24H27N9.C23H28N8.C20H19N9/c1-7-34-21-11-19(14-28)20(27)12-22(21)35(8-2)24(34)13-23-29-25(36-17(5)9-15(3)32-36)31-26(30-23)37-18(6)10-16(4)33-37;1-14-11-16(3)32(29-14)22-26-20(27-23(28-22)33-17(4)12-15(2)30-33)13-19-24(5,6)18-9-8-10-31(7)21(18)25-19;1-7-29(8-2)20-11-9-19(10-12-20)21-24-22(30-17(5)13-15(3)27-30)26-23(25-21)31-18(6)14-16(4)28-31;1-20(2)14-7-4-10-27(3)17(14)23-15(20)13-16-24-18(28-11-5-8-21-28)26-19(25-16)29-12-6-9-22-29/h9-13H,7-8H2,1-6H3;8-13H,1-7H3;9-14H,7-8H2,1-6H3;4-13H,1-3H3/b24-13-;19-13-;;15-13-. The predicted molar refractivity (Wildman–Crippen MR) is 501 cm³/mol. The molecule has 12 aromatic heterocycles. The second-order valence-electron chi connectivity index (χ2n) is 33.0. The highest BCUT2D eigenvalue weighted by molar-refractivity contribution is 6.32. The molecule has 0 spiro atoms. The van der Waals surface area contributed by atoms with E-state index in [4.69, 9.17) is 66.4 Å². The number of aromatic nitrogens is 28. The van der Waals surface area contributed by atoms with Crippen molar-refractivity contribution in [2.75, 3.05) is 55.0 Å². The third kappa shape index (κ3) is 17.5.